The Morgan fingerprint density at radius 3 is 2.48 bits per heavy atom. The van der Waals surface area contributed by atoms with Crippen LogP contribution in [-0.2, 0) is 21.9 Å². The van der Waals surface area contributed by atoms with Crippen molar-refractivity contribution in [3.8, 4) is 11.5 Å². The van der Waals surface area contributed by atoms with Gasteiger partial charge in [-0.2, -0.15) is 4.31 Å². The van der Waals surface area contributed by atoms with E-state index in [9.17, 15) is 18.0 Å². The number of ether oxygens (including phenoxy) is 2. The fourth-order valence-corrected chi connectivity index (χ4v) is 5.81. The fourth-order valence-electron chi connectivity index (χ4n) is 4.27. The maximum atomic E-state index is 13.0. The highest BCUT2D eigenvalue weighted by Crippen LogP contribution is 2.31. The number of hydrogen-bond donors (Lipinski definition) is 1. The number of likely N-dealkylation sites (N-methyl/N-ethyl adjacent to an activating group) is 1. The first-order chi connectivity index (χ1) is 15.7. The lowest BCUT2D eigenvalue weighted by molar-refractivity contribution is -0.136. The molecule has 1 aromatic heterocycles. The highest BCUT2D eigenvalue weighted by molar-refractivity contribution is 7.89. The largest absolute Gasteiger partial charge is 0.486 e. The molecule has 1 aromatic carbocycles. The second-order valence-corrected chi connectivity index (χ2v) is 10.4. The van der Waals surface area contributed by atoms with Crippen LogP contribution in [-0.4, -0.2) is 73.4 Å². The second-order valence-electron chi connectivity index (χ2n) is 8.43. The van der Waals surface area contributed by atoms with Crippen molar-refractivity contribution in [1.82, 2.24) is 13.8 Å². The molecule has 2 aliphatic heterocycles. The minimum Gasteiger partial charge on any atom is -0.486 e. The van der Waals surface area contributed by atoms with Crippen molar-refractivity contribution in [2.75, 3.05) is 33.3 Å². The average Bonchev–Trinajstić information content (AvgIpc) is 3.21. The van der Waals surface area contributed by atoms with E-state index < -0.39 is 15.9 Å². The van der Waals surface area contributed by atoms with Crippen LogP contribution in [0.2, 0.25) is 0 Å². The van der Waals surface area contributed by atoms with Gasteiger partial charge < -0.3 is 24.7 Å². The van der Waals surface area contributed by atoms with Gasteiger partial charge in [0.2, 0.25) is 15.9 Å². The topological polar surface area (TPSA) is 124 Å². The molecule has 2 aromatic rings. The molecule has 11 heteroatoms. The summed E-state index contributed by atoms with van der Waals surface area (Å²) in [6, 6.07) is 8.70. The van der Waals surface area contributed by atoms with E-state index in [1.807, 2.05) is 24.3 Å². The number of fused-ring (bicyclic) bond motifs is 1. The number of nitrogens with zero attached hydrogens (tertiary/aromatic N) is 3. The zero-order valence-corrected chi connectivity index (χ0v) is 19.5. The van der Waals surface area contributed by atoms with Gasteiger partial charge in [0, 0.05) is 39.3 Å². The van der Waals surface area contributed by atoms with Gasteiger partial charge in [0.1, 0.15) is 17.2 Å². The van der Waals surface area contributed by atoms with Crippen molar-refractivity contribution in [2.45, 2.75) is 23.8 Å². The lowest BCUT2D eigenvalue weighted by Crippen LogP contribution is -2.47. The molecule has 0 unspecified atom stereocenters. The van der Waals surface area contributed by atoms with E-state index in [-0.39, 0.29) is 41.6 Å². The zero-order chi connectivity index (χ0) is 23.8. The lowest BCUT2D eigenvalue weighted by atomic mass is 9.96. The van der Waals surface area contributed by atoms with Gasteiger partial charge in [0.05, 0.1) is 6.54 Å². The van der Waals surface area contributed by atoms with Gasteiger partial charge in [-0.05, 0) is 31.0 Å². The van der Waals surface area contributed by atoms with E-state index in [1.54, 1.807) is 19.0 Å². The van der Waals surface area contributed by atoms with E-state index >= 15 is 0 Å². The number of carbonyl (C=O) groups excluding carboxylic acids is 2. The molecule has 1 atom stereocenters. The number of piperidine rings is 1. The number of amides is 2. The number of para-hydroxylation sites is 2. The first kappa shape index (κ1) is 23.1. The molecule has 0 radical (unpaired) electrons. The van der Waals surface area contributed by atoms with Crippen LogP contribution in [0.15, 0.2) is 41.4 Å². The summed E-state index contributed by atoms with van der Waals surface area (Å²) in [4.78, 5) is 26.1. The maximum Gasteiger partial charge on any atom is 0.265 e. The molecular formula is C22H28N4O6S. The van der Waals surface area contributed by atoms with Gasteiger partial charge >= 0.3 is 0 Å². The Kier molecular flexibility index (Phi) is 6.35. The van der Waals surface area contributed by atoms with Gasteiger partial charge in [0.25, 0.3) is 5.91 Å². The van der Waals surface area contributed by atoms with E-state index in [4.69, 9.17) is 15.2 Å². The fraction of sp³-hybridized carbons (Fsp3) is 0.455. The highest BCUT2D eigenvalue weighted by Gasteiger charge is 2.35. The Labute approximate surface area is 192 Å². The van der Waals surface area contributed by atoms with Gasteiger partial charge in [-0.15, -0.1) is 0 Å². The van der Waals surface area contributed by atoms with Gasteiger partial charge in [-0.25, -0.2) is 8.42 Å². The predicted octanol–water partition coefficient (Wildman–Crippen LogP) is 0.823. The number of carbonyl (C=O) groups is 2. The lowest BCUT2D eigenvalue weighted by Gasteiger charge is -2.34. The van der Waals surface area contributed by atoms with Crippen molar-refractivity contribution < 1.29 is 27.5 Å². The molecule has 0 aliphatic carbocycles. The van der Waals surface area contributed by atoms with Gasteiger partial charge in [0.15, 0.2) is 17.6 Å². The molecule has 0 bridgehead atoms. The van der Waals surface area contributed by atoms with E-state index in [0.29, 0.717) is 37.5 Å². The van der Waals surface area contributed by atoms with Crippen molar-refractivity contribution in [2.24, 2.45) is 18.7 Å². The Morgan fingerprint density at radius 1 is 1.18 bits per heavy atom. The number of aryl methyl sites for hydroxylation is 1. The van der Waals surface area contributed by atoms with Gasteiger partial charge in [-0.3, -0.25) is 9.59 Å². The van der Waals surface area contributed by atoms with Crippen LogP contribution in [0.25, 0.3) is 0 Å². The standard InChI is InChI=1S/C22H28N4O6S/c1-24-13-17(11-18(24)21(23)27)33(29,30)26-9-7-15(8-10-26)22(28)25(2)12-16-14-31-19-5-3-4-6-20(19)32-16/h3-6,11,13,15-16H,7-10,12,14H2,1-2H3,(H2,23,27)/t16-/m0/s1. The molecule has 1 fully saturated rings. The normalized spacial score (nSPS) is 19.3. The molecule has 4 rings (SSSR count). The van der Waals surface area contributed by atoms with E-state index in [0.717, 1.165) is 0 Å². The molecule has 2 amide bonds. The van der Waals surface area contributed by atoms with Crippen LogP contribution in [0.3, 0.4) is 0 Å². The van der Waals surface area contributed by atoms with E-state index in [2.05, 4.69) is 0 Å². The third kappa shape index (κ3) is 4.69. The molecule has 0 spiro atoms. The molecule has 2 N–H and O–H groups in total. The number of benzene rings is 1. The summed E-state index contributed by atoms with van der Waals surface area (Å²) in [6.07, 6.45) is 1.95. The summed E-state index contributed by atoms with van der Waals surface area (Å²) >= 11 is 0. The minimum atomic E-state index is -3.77. The van der Waals surface area contributed by atoms with Crippen LogP contribution in [0.4, 0.5) is 0 Å². The zero-order valence-electron chi connectivity index (χ0n) is 18.6. The molecular weight excluding hydrogens is 448 g/mol. The Hall–Kier alpha value is -3.05. The Balaban J connectivity index is 1.33. The molecule has 3 heterocycles. The van der Waals surface area contributed by atoms with Crippen LogP contribution in [0, 0.1) is 5.92 Å². The molecule has 1 saturated heterocycles. The molecule has 33 heavy (non-hydrogen) atoms. The quantitative estimate of drug-likeness (QED) is 0.658. The number of sulfonamides is 1. The first-order valence-electron chi connectivity index (χ1n) is 10.8. The number of aromatic nitrogens is 1. The highest BCUT2D eigenvalue weighted by atomic mass is 32.2. The third-order valence-corrected chi connectivity index (χ3v) is 7.96. The van der Waals surface area contributed by atoms with Crippen molar-refractivity contribution >= 4 is 21.8 Å². The summed E-state index contributed by atoms with van der Waals surface area (Å²) < 4.78 is 40.4. The van der Waals surface area contributed by atoms with Crippen LogP contribution in [0.1, 0.15) is 23.3 Å². The molecule has 2 aliphatic rings. The number of hydrogen-bond acceptors (Lipinski definition) is 6. The Morgan fingerprint density at radius 2 is 1.85 bits per heavy atom. The van der Waals surface area contributed by atoms with Crippen molar-refractivity contribution in [3.63, 3.8) is 0 Å². The SMILES string of the molecule is CN(C[C@H]1COc2ccccc2O1)C(=O)C1CCN(S(=O)(=O)c2cc(C(N)=O)n(C)c2)CC1. The summed E-state index contributed by atoms with van der Waals surface area (Å²) in [5.74, 6) is 0.355. The Bertz CT molecular complexity index is 1150. The summed E-state index contributed by atoms with van der Waals surface area (Å²) in [7, 11) is -0.479. The number of nitrogens with two attached hydrogens (primary N) is 1. The smallest absolute Gasteiger partial charge is 0.265 e. The maximum absolute atomic E-state index is 13.0. The number of primary amides is 1. The van der Waals surface area contributed by atoms with Crippen molar-refractivity contribution in [1.29, 1.82) is 0 Å². The van der Waals surface area contributed by atoms with Gasteiger partial charge in [-0.1, -0.05) is 12.1 Å². The third-order valence-electron chi connectivity index (χ3n) is 6.09. The summed E-state index contributed by atoms with van der Waals surface area (Å²) in [5.41, 5.74) is 5.42. The van der Waals surface area contributed by atoms with Crippen molar-refractivity contribution in [3.05, 3.63) is 42.2 Å². The molecule has 178 valence electrons. The monoisotopic (exact) mass is 476 g/mol. The minimum absolute atomic E-state index is 0.0235. The average molecular weight is 477 g/mol. The van der Waals surface area contributed by atoms with Crippen LogP contribution in [0.5, 0.6) is 11.5 Å². The predicted molar refractivity (Wildman–Crippen MR) is 119 cm³/mol. The summed E-state index contributed by atoms with van der Waals surface area (Å²) in [6.45, 7) is 1.19. The second kappa shape index (κ2) is 9.06. The molecule has 10 nitrogen and oxygen atoms in total. The van der Waals surface area contributed by atoms with E-state index in [1.165, 1.54) is 21.1 Å². The van der Waals surface area contributed by atoms with Crippen LogP contribution >= 0.6 is 0 Å². The number of rotatable bonds is 6. The molecule has 0 saturated carbocycles. The first-order valence-corrected chi connectivity index (χ1v) is 12.2. The summed E-state index contributed by atoms with van der Waals surface area (Å²) in [5, 5.41) is 0. The van der Waals surface area contributed by atoms with Crippen LogP contribution < -0.4 is 15.2 Å².